The summed E-state index contributed by atoms with van der Waals surface area (Å²) < 4.78 is 11.5. The van der Waals surface area contributed by atoms with Crippen molar-refractivity contribution < 1.29 is 19.1 Å². The molecular formula is C26H29N3O4. The lowest BCUT2D eigenvalue weighted by molar-refractivity contribution is -0.146. The summed E-state index contributed by atoms with van der Waals surface area (Å²) in [6.45, 7) is 2.63. The van der Waals surface area contributed by atoms with Crippen molar-refractivity contribution in [2.24, 2.45) is 0 Å². The molecule has 33 heavy (non-hydrogen) atoms. The third-order valence-corrected chi connectivity index (χ3v) is 6.52. The van der Waals surface area contributed by atoms with Gasteiger partial charge in [0.1, 0.15) is 17.9 Å². The average molecular weight is 448 g/mol. The van der Waals surface area contributed by atoms with Crippen molar-refractivity contribution in [2.75, 3.05) is 32.8 Å². The second kappa shape index (κ2) is 9.67. The first kappa shape index (κ1) is 21.5. The molecule has 2 fully saturated rings. The average Bonchev–Trinajstić information content (AvgIpc) is 3.48. The third-order valence-electron chi connectivity index (χ3n) is 6.52. The number of ether oxygens (including phenoxy) is 2. The molecule has 2 amide bonds. The van der Waals surface area contributed by atoms with Crippen molar-refractivity contribution in [3.63, 3.8) is 0 Å². The number of morpholine rings is 1. The highest BCUT2D eigenvalue weighted by Crippen LogP contribution is 2.27. The smallest absolute Gasteiger partial charge is 0.245 e. The summed E-state index contributed by atoms with van der Waals surface area (Å²) >= 11 is 0. The Hall–Kier alpha value is -3.32. The molecule has 1 aromatic heterocycles. The predicted molar refractivity (Wildman–Crippen MR) is 125 cm³/mol. The summed E-state index contributed by atoms with van der Waals surface area (Å²) in [4.78, 5) is 33.5. The first-order chi connectivity index (χ1) is 16.2. The molecule has 3 aromatic rings. The number of benzene rings is 2. The Morgan fingerprint density at radius 1 is 1.03 bits per heavy atom. The van der Waals surface area contributed by atoms with Gasteiger partial charge in [0.25, 0.3) is 0 Å². The van der Waals surface area contributed by atoms with E-state index in [1.54, 1.807) is 4.90 Å². The number of H-pyrrole nitrogens is 1. The number of amides is 2. The number of para-hydroxylation sites is 2. The van der Waals surface area contributed by atoms with Crippen LogP contribution in [0.2, 0.25) is 0 Å². The maximum Gasteiger partial charge on any atom is 0.245 e. The van der Waals surface area contributed by atoms with E-state index in [1.807, 2.05) is 59.6 Å². The summed E-state index contributed by atoms with van der Waals surface area (Å²) in [6, 6.07) is 17.2. The highest BCUT2D eigenvalue weighted by atomic mass is 16.5. The standard InChI is InChI=1S/C26H29N3O4/c30-25(11-10-19-17-27-23-9-5-4-8-22(19)23)29-18-21(33-20-6-2-1-3-7-20)16-24(29)26(31)28-12-14-32-15-13-28/h1-9,17,21,24,27H,10-16,18H2/t21-,24-/m0/s1. The maximum absolute atomic E-state index is 13.3. The lowest BCUT2D eigenvalue weighted by atomic mass is 10.1. The molecule has 0 bridgehead atoms. The van der Waals surface area contributed by atoms with Crippen LogP contribution in [0, 0.1) is 0 Å². The Kier molecular flexibility index (Phi) is 6.30. The lowest BCUT2D eigenvalue weighted by Gasteiger charge is -2.32. The third kappa shape index (κ3) is 4.73. The molecule has 2 saturated heterocycles. The predicted octanol–water partition coefficient (Wildman–Crippen LogP) is 3.01. The molecule has 5 rings (SSSR count). The molecule has 0 aliphatic carbocycles. The molecule has 2 atom stereocenters. The summed E-state index contributed by atoms with van der Waals surface area (Å²) in [5.41, 5.74) is 2.18. The van der Waals surface area contributed by atoms with Crippen molar-refractivity contribution >= 4 is 22.7 Å². The second-order valence-corrected chi connectivity index (χ2v) is 8.65. The van der Waals surface area contributed by atoms with E-state index in [0.29, 0.717) is 52.1 Å². The van der Waals surface area contributed by atoms with E-state index in [2.05, 4.69) is 11.1 Å². The number of fused-ring (bicyclic) bond motifs is 1. The summed E-state index contributed by atoms with van der Waals surface area (Å²) in [5, 5.41) is 1.14. The molecule has 0 spiro atoms. The Morgan fingerprint density at radius 3 is 2.61 bits per heavy atom. The number of hydrogen-bond acceptors (Lipinski definition) is 4. The number of rotatable bonds is 6. The maximum atomic E-state index is 13.3. The molecule has 2 aliphatic heterocycles. The van der Waals surface area contributed by atoms with Crippen LogP contribution in [0.5, 0.6) is 5.75 Å². The van der Waals surface area contributed by atoms with Crippen LogP contribution in [0.3, 0.4) is 0 Å². The zero-order chi connectivity index (χ0) is 22.6. The molecule has 2 aliphatic rings. The number of aromatic amines is 1. The molecule has 2 aromatic carbocycles. The van der Waals surface area contributed by atoms with Crippen molar-refractivity contribution in [3.8, 4) is 5.75 Å². The SMILES string of the molecule is O=C([C@@H]1C[C@H](Oc2ccccc2)CN1C(=O)CCc1c[nH]c2ccccc12)N1CCOCC1. The van der Waals surface area contributed by atoms with Gasteiger partial charge in [0.15, 0.2) is 0 Å². The Morgan fingerprint density at radius 2 is 1.79 bits per heavy atom. The van der Waals surface area contributed by atoms with Crippen LogP contribution in [0.1, 0.15) is 18.4 Å². The number of carbonyl (C=O) groups excluding carboxylic acids is 2. The molecule has 172 valence electrons. The fraction of sp³-hybridized carbons (Fsp3) is 0.385. The first-order valence-electron chi connectivity index (χ1n) is 11.6. The molecule has 0 unspecified atom stereocenters. The van der Waals surface area contributed by atoms with Crippen molar-refractivity contribution in [1.82, 2.24) is 14.8 Å². The molecule has 1 N–H and O–H groups in total. The van der Waals surface area contributed by atoms with E-state index in [0.717, 1.165) is 22.2 Å². The van der Waals surface area contributed by atoms with Gasteiger partial charge in [0.2, 0.25) is 11.8 Å². The van der Waals surface area contributed by atoms with Gasteiger partial charge < -0.3 is 24.3 Å². The largest absolute Gasteiger partial charge is 0.488 e. The van der Waals surface area contributed by atoms with E-state index in [9.17, 15) is 9.59 Å². The topological polar surface area (TPSA) is 74.9 Å². The van der Waals surface area contributed by atoms with Gasteiger partial charge in [-0.05, 0) is 30.2 Å². The molecule has 7 heteroatoms. The minimum atomic E-state index is -0.493. The number of hydrogen-bond donors (Lipinski definition) is 1. The molecular weight excluding hydrogens is 418 g/mol. The normalized spacial score (nSPS) is 20.8. The van der Waals surface area contributed by atoms with Gasteiger partial charge in [-0.2, -0.15) is 0 Å². The first-order valence-corrected chi connectivity index (χ1v) is 11.6. The monoisotopic (exact) mass is 447 g/mol. The van der Waals surface area contributed by atoms with Gasteiger partial charge in [0, 0.05) is 43.0 Å². The van der Waals surface area contributed by atoms with E-state index in [1.165, 1.54) is 0 Å². The molecule has 3 heterocycles. The summed E-state index contributed by atoms with van der Waals surface area (Å²) in [6.07, 6.45) is 3.25. The fourth-order valence-electron chi connectivity index (χ4n) is 4.80. The van der Waals surface area contributed by atoms with Gasteiger partial charge >= 0.3 is 0 Å². The van der Waals surface area contributed by atoms with Gasteiger partial charge in [0.05, 0.1) is 19.8 Å². The molecule has 0 saturated carbocycles. The second-order valence-electron chi connectivity index (χ2n) is 8.65. The van der Waals surface area contributed by atoms with Gasteiger partial charge in [-0.1, -0.05) is 36.4 Å². The number of likely N-dealkylation sites (tertiary alicyclic amines) is 1. The number of aryl methyl sites for hydroxylation is 1. The lowest BCUT2D eigenvalue weighted by Crippen LogP contribution is -2.51. The van der Waals surface area contributed by atoms with Gasteiger partial charge in [-0.25, -0.2) is 0 Å². The highest BCUT2D eigenvalue weighted by Gasteiger charge is 2.42. The van der Waals surface area contributed by atoms with E-state index in [-0.39, 0.29) is 17.9 Å². The minimum Gasteiger partial charge on any atom is -0.488 e. The van der Waals surface area contributed by atoms with Crippen LogP contribution < -0.4 is 4.74 Å². The minimum absolute atomic E-state index is 0.00194. The van der Waals surface area contributed by atoms with Crippen molar-refractivity contribution in [1.29, 1.82) is 0 Å². The van der Waals surface area contributed by atoms with Crippen LogP contribution >= 0.6 is 0 Å². The molecule has 0 radical (unpaired) electrons. The van der Waals surface area contributed by atoms with Crippen molar-refractivity contribution in [2.45, 2.75) is 31.4 Å². The molecule has 7 nitrogen and oxygen atoms in total. The van der Waals surface area contributed by atoms with Crippen LogP contribution in [-0.2, 0) is 20.7 Å². The van der Waals surface area contributed by atoms with E-state index in [4.69, 9.17) is 9.47 Å². The Bertz CT molecular complexity index is 1110. The number of nitrogens with zero attached hydrogens (tertiary/aromatic N) is 2. The van der Waals surface area contributed by atoms with Gasteiger partial charge in [-0.3, -0.25) is 9.59 Å². The van der Waals surface area contributed by atoms with Crippen LogP contribution in [0.15, 0.2) is 60.8 Å². The zero-order valence-electron chi connectivity index (χ0n) is 18.6. The van der Waals surface area contributed by atoms with E-state index < -0.39 is 6.04 Å². The van der Waals surface area contributed by atoms with Crippen molar-refractivity contribution in [3.05, 3.63) is 66.4 Å². The summed E-state index contributed by atoms with van der Waals surface area (Å²) in [5.74, 6) is 0.747. The van der Waals surface area contributed by atoms with E-state index >= 15 is 0 Å². The Balaban J connectivity index is 1.30. The number of carbonyl (C=O) groups is 2. The highest BCUT2D eigenvalue weighted by molar-refractivity contribution is 5.89. The van der Waals surface area contributed by atoms with Gasteiger partial charge in [-0.15, -0.1) is 0 Å². The zero-order valence-corrected chi connectivity index (χ0v) is 18.6. The number of aromatic nitrogens is 1. The number of nitrogens with one attached hydrogen (secondary N) is 1. The summed E-state index contributed by atoms with van der Waals surface area (Å²) in [7, 11) is 0. The van der Waals surface area contributed by atoms with Crippen LogP contribution in [-0.4, -0.2) is 71.6 Å². The van der Waals surface area contributed by atoms with Crippen LogP contribution in [0.25, 0.3) is 10.9 Å². The fourth-order valence-corrected chi connectivity index (χ4v) is 4.80. The Labute approximate surface area is 193 Å². The van der Waals surface area contributed by atoms with Crippen LogP contribution in [0.4, 0.5) is 0 Å². The quantitative estimate of drug-likeness (QED) is 0.630.